The predicted octanol–water partition coefficient (Wildman–Crippen LogP) is 2.29. The highest BCUT2D eigenvalue weighted by atomic mass is 127. The van der Waals surface area contributed by atoms with Gasteiger partial charge in [0.25, 0.3) is 0 Å². The summed E-state index contributed by atoms with van der Waals surface area (Å²) < 4.78 is 0.761. The monoisotopic (exact) mass is 311 g/mol. The molecule has 1 rings (SSSR count). The third kappa shape index (κ3) is 2.78. The molecule has 4 nitrogen and oxygen atoms in total. The van der Waals surface area contributed by atoms with Crippen LogP contribution in [0.3, 0.4) is 0 Å². The second kappa shape index (κ2) is 4.73. The first-order valence-electron chi connectivity index (χ1n) is 3.40. The van der Waals surface area contributed by atoms with Gasteiger partial charge in [-0.15, -0.1) is 0 Å². The van der Waals surface area contributed by atoms with E-state index in [4.69, 9.17) is 16.8 Å². The first kappa shape index (κ1) is 10.7. The molecule has 0 aliphatic heterocycles. The minimum Gasteiger partial charge on any atom is -0.290 e. The van der Waals surface area contributed by atoms with Crippen molar-refractivity contribution in [3.63, 3.8) is 0 Å². The molecule has 0 spiro atoms. The molecule has 0 atom stereocenters. The first-order valence-corrected chi connectivity index (χ1v) is 4.85. The van der Waals surface area contributed by atoms with E-state index in [1.807, 2.05) is 29.5 Å². The van der Waals surface area contributed by atoms with E-state index in [1.165, 1.54) is 0 Å². The van der Waals surface area contributed by atoms with Crippen molar-refractivity contribution >= 4 is 46.3 Å². The fraction of sp³-hybridized carbons (Fsp3) is 0.143. The molecule has 0 bridgehead atoms. The molecule has 70 valence electrons. The standard InChI is InChI=1S/C7H7ClIN3O/c1-4-2-5(8)6(9)7(12-4)10-3-11-13/h2-3,13H,1H3,(H,10,11,12). The van der Waals surface area contributed by atoms with E-state index in [0.29, 0.717) is 10.8 Å². The number of halogens is 2. The number of aryl methyl sites for hydroxylation is 1. The van der Waals surface area contributed by atoms with Gasteiger partial charge in [0, 0.05) is 5.69 Å². The molecule has 2 N–H and O–H groups in total. The first-order chi connectivity index (χ1) is 6.15. The Labute approximate surface area is 94.1 Å². The number of hydrogen-bond acceptors (Lipinski definition) is 3. The topological polar surface area (TPSA) is 57.5 Å². The Kier molecular flexibility index (Phi) is 3.89. The number of aliphatic imine (C=N–C) groups is 1. The lowest BCUT2D eigenvalue weighted by Crippen LogP contribution is -2.01. The van der Waals surface area contributed by atoms with Crippen LogP contribution in [0.5, 0.6) is 0 Å². The number of rotatable bonds is 2. The number of hydroxylamine groups is 1. The Morgan fingerprint density at radius 3 is 3.08 bits per heavy atom. The molecular formula is C7H7ClIN3O. The zero-order valence-corrected chi connectivity index (χ0v) is 9.67. The number of pyridine rings is 1. The highest BCUT2D eigenvalue weighted by Gasteiger charge is 2.05. The Balaban J connectivity index is 3.12. The second-order valence-electron chi connectivity index (χ2n) is 2.27. The SMILES string of the molecule is Cc1cc(Cl)c(I)c(/N=C\NO)n1. The summed E-state index contributed by atoms with van der Waals surface area (Å²) in [4.78, 5) is 7.99. The molecule has 0 aromatic carbocycles. The van der Waals surface area contributed by atoms with E-state index >= 15 is 0 Å². The van der Waals surface area contributed by atoms with E-state index < -0.39 is 0 Å². The van der Waals surface area contributed by atoms with Crippen molar-refractivity contribution in [2.45, 2.75) is 6.92 Å². The lowest BCUT2D eigenvalue weighted by atomic mass is 10.4. The van der Waals surface area contributed by atoms with E-state index in [0.717, 1.165) is 15.6 Å². The van der Waals surface area contributed by atoms with Crippen LogP contribution in [0.2, 0.25) is 5.02 Å². The van der Waals surface area contributed by atoms with Gasteiger partial charge in [0.2, 0.25) is 0 Å². The van der Waals surface area contributed by atoms with Gasteiger partial charge in [-0.3, -0.25) is 10.7 Å². The maximum atomic E-state index is 8.29. The van der Waals surface area contributed by atoms with E-state index in [2.05, 4.69) is 9.98 Å². The fourth-order valence-corrected chi connectivity index (χ4v) is 1.44. The molecule has 0 aliphatic carbocycles. The van der Waals surface area contributed by atoms with Crippen LogP contribution in [-0.4, -0.2) is 16.5 Å². The van der Waals surface area contributed by atoms with Crippen LogP contribution in [0.4, 0.5) is 5.82 Å². The summed E-state index contributed by atoms with van der Waals surface area (Å²) in [5.41, 5.74) is 2.59. The van der Waals surface area contributed by atoms with Gasteiger partial charge in [-0.2, -0.15) is 0 Å². The third-order valence-corrected chi connectivity index (χ3v) is 2.95. The highest BCUT2D eigenvalue weighted by molar-refractivity contribution is 14.1. The summed E-state index contributed by atoms with van der Waals surface area (Å²) >= 11 is 7.94. The normalized spacial score (nSPS) is 10.8. The molecule has 0 radical (unpaired) electrons. The fourth-order valence-electron chi connectivity index (χ4n) is 0.778. The van der Waals surface area contributed by atoms with Crippen molar-refractivity contribution in [2.75, 3.05) is 0 Å². The summed E-state index contributed by atoms with van der Waals surface area (Å²) in [6, 6.07) is 1.76. The molecule has 6 heteroatoms. The summed E-state index contributed by atoms with van der Waals surface area (Å²) in [6.45, 7) is 1.83. The van der Waals surface area contributed by atoms with Gasteiger partial charge in [-0.05, 0) is 35.6 Å². The Bertz CT molecular complexity index is 343. The van der Waals surface area contributed by atoms with Crippen LogP contribution in [-0.2, 0) is 0 Å². The van der Waals surface area contributed by atoms with Crippen molar-refractivity contribution < 1.29 is 5.21 Å². The number of hydrogen-bond donors (Lipinski definition) is 2. The Morgan fingerprint density at radius 1 is 1.77 bits per heavy atom. The van der Waals surface area contributed by atoms with Gasteiger partial charge in [-0.1, -0.05) is 11.6 Å². The molecule has 0 saturated carbocycles. The van der Waals surface area contributed by atoms with Crippen LogP contribution in [0.25, 0.3) is 0 Å². The van der Waals surface area contributed by atoms with Gasteiger partial charge < -0.3 is 0 Å². The van der Waals surface area contributed by atoms with Crippen molar-refractivity contribution in [1.82, 2.24) is 10.5 Å². The summed E-state index contributed by atoms with van der Waals surface area (Å²) in [5, 5.41) is 8.90. The molecule has 1 aromatic rings. The molecule has 0 amide bonds. The summed E-state index contributed by atoms with van der Waals surface area (Å²) in [5.74, 6) is 0.493. The Hall–Kier alpha value is -0.400. The molecule has 13 heavy (non-hydrogen) atoms. The lowest BCUT2D eigenvalue weighted by Gasteiger charge is -2.01. The zero-order chi connectivity index (χ0) is 9.84. The zero-order valence-electron chi connectivity index (χ0n) is 6.75. The second-order valence-corrected chi connectivity index (χ2v) is 3.76. The minimum atomic E-state index is 0.493. The molecule has 0 fully saturated rings. The van der Waals surface area contributed by atoms with Crippen molar-refractivity contribution in [2.24, 2.45) is 4.99 Å². The highest BCUT2D eigenvalue weighted by Crippen LogP contribution is 2.26. The van der Waals surface area contributed by atoms with Crippen molar-refractivity contribution in [3.05, 3.63) is 20.4 Å². The van der Waals surface area contributed by atoms with Crippen molar-refractivity contribution in [3.8, 4) is 0 Å². The van der Waals surface area contributed by atoms with Gasteiger partial charge in [0.05, 0.1) is 8.59 Å². The molecule has 1 aromatic heterocycles. The number of aromatic nitrogens is 1. The van der Waals surface area contributed by atoms with E-state index in [-0.39, 0.29) is 0 Å². The quantitative estimate of drug-likeness (QED) is 0.381. The number of nitrogens with zero attached hydrogens (tertiary/aromatic N) is 2. The van der Waals surface area contributed by atoms with Crippen LogP contribution >= 0.6 is 34.2 Å². The smallest absolute Gasteiger partial charge is 0.168 e. The van der Waals surface area contributed by atoms with Crippen LogP contribution < -0.4 is 5.48 Å². The lowest BCUT2D eigenvalue weighted by molar-refractivity contribution is 0.240. The molecule has 0 unspecified atom stereocenters. The van der Waals surface area contributed by atoms with Gasteiger partial charge in [-0.25, -0.2) is 9.98 Å². The third-order valence-electron chi connectivity index (χ3n) is 1.27. The maximum Gasteiger partial charge on any atom is 0.168 e. The Morgan fingerprint density at radius 2 is 2.46 bits per heavy atom. The molecule has 0 aliphatic rings. The molecular weight excluding hydrogens is 304 g/mol. The minimum absolute atomic E-state index is 0.493. The van der Waals surface area contributed by atoms with Gasteiger partial charge >= 0.3 is 0 Å². The average molecular weight is 312 g/mol. The number of nitrogens with one attached hydrogen (secondary N) is 1. The predicted molar refractivity (Wildman–Crippen MR) is 59.8 cm³/mol. The van der Waals surface area contributed by atoms with Crippen molar-refractivity contribution in [1.29, 1.82) is 0 Å². The van der Waals surface area contributed by atoms with Crippen LogP contribution in [0.15, 0.2) is 11.1 Å². The van der Waals surface area contributed by atoms with Gasteiger partial charge in [0.15, 0.2) is 5.82 Å². The van der Waals surface area contributed by atoms with Crippen LogP contribution in [0.1, 0.15) is 5.69 Å². The largest absolute Gasteiger partial charge is 0.290 e. The van der Waals surface area contributed by atoms with E-state index in [1.54, 1.807) is 11.5 Å². The maximum absolute atomic E-state index is 8.29. The van der Waals surface area contributed by atoms with Crippen LogP contribution in [0, 0.1) is 10.5 Å². The van der Waals surface area contributed by atoms with E-state index in [9.17, 15) is 0 Å². The molecule has 1 heterocycles. The summed E-state index contributed by atoms with van der Waals surface area (Å²) in [6.07, 6.45) is 1.14. The molecule has 0 saturated heterocycles. The summed E-state index contributed by atoms with van der Waals surface area (Å²) in [7, 11) is 0. The average Bonchev–Trinajstić information content (AvgIpc) is 2.09. The van der Waals surface area contributed by atoms with Gasteiger partial charge in [0.1, 0.15) is 6.34 Å².